The monoisotopic (exact) mass is 408 g/mol. The predicted octanol–water partition coefficient (Wildman–Crippen LogP) is 4.52. The van der Waals surface area contributed by atoms with Crippen LogP contribution >= 0.6 is 0 Å². The van der Waals surface area contributed by atoms with Crippen LogP contribution in [-0.4, -0.2) is 20.6 Å². The molecule has 5 nitrogen and oxygen atoms in total. The number of hydrogen-bond donors (Lipinski definition) is 1. The average Bonchev–Trinajstić information content (AvgIpc) is 2.68. The normalized spacial score (nSPS) is 11.1. The first kappa shape index (κ1) is 20.6. The van der Waals surface area contributed by atoms with Crippen molar-refractivity contribution in [2.75, 3.05) is 15.9 Å². The highest BCUT2D eigenvalue weighted by Crippen LogP contribution is 2.22. The number of hydrogen-bond acceptors (Lipinski definition) is 3. The molecule has 1 N–H and O–H groups in total. The third-order valence-electron chi connectivity index (χ3n) is 4.62. The van der Waals surface area contributed by atoms with Gasteiger partial charge in [-0.25, -0.2) is 8.42 Å². The molecular weight excluding hydrogens is 384 g/mol. The lowest BCUT2D eigenvalue weighted by molar-refractivity contribution is 0.102. The second kappa shape index (κ2) is 8.49. The molecule has 0 spiro atoms. The van der Waals surface area contributed by atoms with Gasteiger partial charge in [-0.05, 0) is 55.3 Å². The minimum absolute atomic E-state index is 0.230. The maximum Gasteiger partial charge on any atom is 0.255 e. The van der Waals surface area contributed by atoms with E-state index in [0.29, 0.717) is 11.3 Å². The van der Waals surface area contributed by atoms with E-state index in [2.05, 4.69) is 5.32 Å². The molecule has 0 heterocycles. The Morgan fingerprint density at radius 3 is 2.17 bits per heavy atom. The Morgan fingerprint density at radius 2 is 1.59 bits per heavy atom. The van der Waals surface area contributed by atoms with Crippen LogP contribution in [0.1, 0.15) is 27.0 Å². The molecule has 150 valence electrons. The molecule has 0 aliphatic heterocycles. The summed E-state index contributed by atoms with van der Waals surface area (Å²) in [5, 5.41) is 2.90. The summed E-state index contributed by atoms with van der Waals surface area (Å²) in [7, 11) is -3.47. The Morgan fingerprint density at radius 1 is 0.931 bits per heavy atom. The fraction of sp³-hybridized carbons (Fsp3) is 0.174. The molecule has 3 aromatic rings. The van der Waals surface area contributed by atoms with E-state index < -0.39 is 10.0 Å². The number of nitrogens with zero attached hydrogens (tertiary/aromatic N) is 1. The van der Waals surface area contributed by atoms with Crippen LogP contribution in [0.5, 0.6) is 0 Å². The zero-order valence-corrected chi connectivity index (χ0v) is 17.5. The summed E-state index contributed by atoms with van der Waals surface area (Å²) in [5.41, 5.74) is 4.73. The van der Waals surface area contributed by atoms with Gasteiger partial charge < -0.3 is 5.32 Å². The van der Waals surface area contributed by atoms with Crippen LogP contribution in [0.3, 0.4) is 0 Å². The summed E-state index contributed by atoms with van der Waals surface area (Å²) >= 11 is 0. The Balaban J connectivity index is 1.80. The van der Waals surface area contributed by atoms with E-state index in [1.54, 1.807) is 24.3 Å². The quantitative estimate of drug-likeness (QED) is 0.652. The third kappa shape index (κ3) is 5.23. The van der Waals surface area contributed by atoms with E-state index in [4.69, 9.17) is 0 Å². The molecule has 3 rings (SSSR count). The van der Waals surface area contributed by atoms with Gasteiger partial charge in [0.25, 0.3) is 5.91 Å². The molecule has 1 amide bonds. The van der Waals surface area contributed by atoms with Crippen LogP contribution in [0.15, 0.2) is 72.8 Å². The standard InChI is InChI=1S/C23H24N2O3S/c1-17-9-14-22(18(2)15-17)24-23(26)20-10-12-21(13-11-20)25(29(3,27)28)16-19-7-5-4-6-8-19/h4-15H,16H2,1-3H3,(H,24,26). The van der Waals surface area contributed by atoms with Gasteiger partial charge in [-0.15, -0.1) is 0 Å². The first-order valence-corrected chi connectivity index (χ1v) is 11.1. The summed E-state index contributed by atoms with van der Waals surface area (Å²) in [6.07, 6.45) is 1.18. The van der Waals surface area contributed by atoms with Crippen molar-refractivity contribution in [1.82, 2.24) is 0 Å². The van der Waals surface area contributed by atoms with Gasteiger partial charge in [0.05, 0.1) is 18.5 Å². The molecule has 0 bridgehead atoms. The van der Waals surface area contributed by atoms with Gasteiger partial charge in [0.1, 0.15) is 0 Å². The number of carbonyl (C=O) groups is 1. The number of aryl methyl sites for hydroxylation is 2. The molecule has 3 aromatic carbocycles. The summed E-state index contributed by atoms with van der Waals surface area (Å²) in [5.74, 6) is -0.238. The number of rotatable bonds is 6. The zero-order chi connectivity index (χ0) is 21.0. The van der Waals surface area contributed by atoms with E-state index in [-0.39, 0.29) is 12.5 Å². The van der Waals surface area contributed by atoms with Gasteiger partial charge >= 0.3 is 0 Å². The molecule has 0 saturated heterocycles. The lowest BCUT2D eigenvalue weighted by Crippen LogP contribution is -2.29. The minimum atomic E-state index is -3.47. The van der Waals surface area contributed by atoms with Crippen molar-refractivity contribution in [3.63, 3.8) is 0 Å². The van der Waals surface area contributed by atoms with Gasteiger partial charge in [0, 0.05) is 11.3 Å². The fourth-order valence-electron chi connectivity index (χ4n) is 3.08. The summed E-state index contributed by atoms with van der Waals surface area (Å²) in [4.78, 5) is 12.6. The van der Waals surface area contributed by atoms with Gasteiger partial charge in [0.2, 0.25) is 10.0 Å². The van der Waals surface area contributed by atoms with Crippen molar-refractivity contribution in [3.8, 4) is 0 Å². The SMILES string of the molecule is Cc1ccc(NC(=O)c2ccc(N(Cc3ccccc3)S(C)(=O)=O)cc2)c(C)c1. The van der Waals surface area contributed by atoms with Crippen LogP contribution < -0.4 is 9.62 Å². The lowest BCUT2D eigenvalue weighted by atomic mass is 10.1. The number of anilines is 2. The molecular formula is C23H24N2O3S. The van der Waals surface area contributed by atoms with Crippen LogP contribution in [0.25, 0.3) is 0 Å². The highest BCUT2D eigenvalue weighted by molar-refractivity contribution is 7.92. The number of benzene rings is 3. The molecule has 0 unspecified atom stereocenters. The Kier molecular flexibility index (Phi) is 6.03. The van der Waals surface area contributed by atoms with Crippen LogP contribution in [0.4, 0.5) is 11.4 Å². The van der Waals surface area contributed by atoms with Crippen LogP contribution in [0.2, 0.25) is 0 Å². The molecule has 0 aromatic heterocycles. The average molecular weight is 409 g/mol. The molecule has 0 saturated carbocycles. The lowest BCUT2D eigenvalue weighted by Gasteiger charge is -2.22. The number of carbonyl (C=O) groups excluding carboxylic acids is 1. The fourth-order valence-corrected chi connectivity index (χ4v) is 3.96. The molecule has 6 heteroatoms. The molecule has 0 aliphatic carbocycles. The maximum absolute atomic E-state index is 12.6. The maximum atomic E-state index is 12.6. The third-order valence-corrected chi connectivity index (χ3v) is 5.76. The van der Waals surface area contributed by atoms with E-state index in [1.807, 2.05) is 62.4 Å². The van der Waals surface area contributed by atoms with Gasteiger partial charge in [-0.3, -0.25) is 9.10 Å². The van der Waals surface area contributed by atoms with Crippen molar-refractivity contribution >= 4 is 27.3 Å². The smallest absolute Gasteiger partial charge is 0.255 e. The van der Waals surface area contributed by atoms with Gasteiger partial charge in [0.15, 0.2) is 0 Å². The minimum Gasteiger partial charge on any atom is -0.322 e. The highest BCUT2D eigenvalue weighted by Gasteiger charge is 2.18. The molecule has 29 heavy (non-hydrogen) atoms. The van der Waals surface area contributed by atoms with Crippen LogP contribution in [0, 0.1) is 13.8 Å². The first-order valence-electron chi connectivity index (χ1n) is 9.24. The number of sulfonamides is 1. The number of nitrogens with one attached hydrogen (secondary N) is 1. The van der Waals surface area contributed by atoms with Crippen molar-refractivity contribution < 1.29 is 13.2 Å². The Hall–Kier alpha value is -3.12. The molecule has 0 radical (unpaired) electrons. The van der Waals surface area contributed by atoms with E-state index in [1.165, 1.54) is 10.6 Å². The summed E-state index contributed by atoms with van der Waals surface area (Å²) in [6, 6.07) is 21.8. The van der Waals surface area contributed by atoms with E-state index in [0.717, 1.165) is 22.4 Å². The summed E-state index contributed by atoms with van der Waals surface area (Å²) < 4.78 is 25.9. The molecule has 0 aliphatic rings. The molecule has 0 fully saturated rings. The number of amides is 1. The second-order valence-corrected chi connectivity index (χ2v) is 8.98. The van der Waals surface area contributed by atoms with Crippen molar-refractivity contribution in [2.24, 2.45) is 0 Å². The predicted molar refractivity (Wildman–Crippen MR) is 118 cm³/mol. The van der Waals surface area contributed by atoms with Gasteiger partial charge in [-0.1, -0.05) is 48.0 Å². The Bertz CT molecular complexity index is 1110. The van der Waals surface area contributed by atoms with E-state index >= 15 is 0 Å². The summed E-state index contributed by atoms with van der Waals surface area (Å²) in [6.45, 7) is 4.17. The first-order chi connectivity index (χ1) is 13.7. The second-order valence-electron chi connectivity index (χ2n) is 7.07. The largest absolute Gasteiger partial charge is 0.322 e. The molecule has 0 atom stereocenters. The Labute approximate surface area is 172 Å². The topological polar surface area (TPSA) is 66.5 Å². The van der Waals surface area contributed by atoms with Crippen molar-refractivity contribution in [1.29, 1.82) is 0 Å². The van der Waals surface area contributed by atoms with E-state index in [9.17, 15) is 13.2 Å². The van der Waals surface area contributed by atoms with Crippen LogP contribution in [-0.2, 0) is 16.6 Å². The van der Waals surface area contributed by atoms with Gasteiger partial charge in [-0.2, -0.15) is 0 Å². The van der Waals surface area contributed by atoms with Crippen molar-refractivity contribution in [2.45, 2.75) is 20.4 Å². The highest BCUT2D eigenvalue weighted by atomic mass is 32.2. The zero-order valence-electron chi connectivity index (χ0n) is 16.7. The van der Waals surface area contributed by atoms with Crippen molar-refractivity contribution in [3.05, 3.63) is 95.1 Å².